The summed E-state index contributed by atoms with van der Waals surface area (Å²) >= 11 is 1.56. The van der Waals surface area contributed by atoms with E-state index in [1.807, 2.05) is 37.3 Å². The van der Waals surface area contributed by atoms with E-state index >= 15 is 0 Å². The lowest BCUT2D eigenvalue weighted by Crippen LogP contribution is -2.33. The number of hydrogen-bond donors (Lipinski definition) is 1. The summed E-state index contributed by atoms with van der Waals surface area (Å²) in [7, 11) is 1.68. The van der Waals surface area contributed by atoms with Crippen molar-refractivity contribution in [3.63, 3.8) is 0 Å². The lowest BCUT2D eigenvalue weighted by atomic mass is 10.1. The lowest BCUT2D eigenvalue weighted by molar-refractivity contribution is -0.135. The molecule has 2 aromatic carbocycles. The van der Waals surface area contributed by atoms with Crippen LogP contribution in [-0.2, 0) is 14.3 Å². The molecule has 1 aliphatic heterocycles. The standard InChI is InChI=1S/C21H22N2O4S/c1-14(15-6-4-3-5-7-15)23(2)20(25)13-27-21(26)16-8-9-18-17(12-16)22-19(24)10-11-28-18/h3-9,12,14H,10-11,13H2,1-2H3,(H,22,24)/t14-/m1/s1. The molecule has 0 unspecified atom stereocenters. The van der Waals surface area contributed by atoms with E-state index in [1.54, 1.807) is 41.9 Å². The maximum Gasteiger partial charge on any atom is 0.338 e. The Kier molecular flexibility index (Phi) is 6.36. The first-order valence-electron chi connectivity index (χ1n) is 9.00. The molecule has 7 heteroatoms. The van der Waals surface area contributed by atoms with Crippen molar-refractivity contribution in [2.45, 2.75) is 24.3 Å². The third-order valence-electron chi connectivity index (χ3n) is 4.66. The van der Waals surface area contributed by atoms with Crippen molar-refractivity contribution in [2.24, 2.45) is 0 Å². The second-order valence-electron chi connectivity index (χ2n) is 6.53. The summed E-state index contributed by atoms with van der Waals surface area (Å²) in [5.74, 6) is -0.268. The van der Waals surface area contributed by atoms with Gasteiger partial charge in [-0.15, -0.1) is 11.8 Å². The first-order chi connectivity index (χ1) is 13.5. The number of rotatable bonds is 5. The maximum atomic E-state index is 12.4. The number of amides is 2. The fourth-order valence-electron chi connectivity index (χ4n) is 2.83. The molecule has 0 saturated carbocycles. The van der Waals surface area contributed by atoms with E-state index in [-0.39, 0.29) is 24.5 Å². The molecule has 1 aliphatic rings. The van der Waals surface area contributed by atoms with Crippen LogP contribution in [0.25, 0.3) is 0 Å². The molecule has 0 aromatic heterocycles. The normalized spacial score (nSPS) is 14.3. The van der Waals surface area contributed by atoms with Crippen LogP contribution in [0, 0.1) is 0 Å². The molecular weight excluding hydrogens is 376 g/mol. The number of benzene rings is 2. The average molecular weight is 398 g/mol. The van der Waals surface area contributed by atoms with Gasteiger partial charge in [0.05, 0.1) is 17.3 Å². The summed E-state index contributed by atoms with van der Waals surface area (Å²) in [6, 6.07) is 14.5. The fourth-order valence-corrected chi connectivity index (χ4v) is 3.77. The van der Waals surface area contributed by atoms with Gasteiger partial charge in [0.1, 0.15) is 0 Å². The number of nitrogens with one attached hydrogen (secondary N) is 1. The molecule has 0 bridgehead atoms. The summed E-state index contributed by atoms with van der Waals surface area (Å²) < 4.78 is 5.20. The number of anilines is 1. The quantitative estimate of drug-likeness (QED) is 0.780. The maximum absolute atomic E-state index is 12.4. The van der Waals surface area contributed by atoms with Crippen molar-refractivity contribution in [2.75, 3.05) is 24.7 Å². The fraction of sp³-hybridized carbons (Fsp3) is 0.286. The number of nitrogens with zero attached hydrogens (tertiary/aromatic N) is 1. The lowest BCUT2D eigenvalue weighted by Gasteiger charge is -2.25. The number of fused-ring (bicyclic) bond motifs is 1. The summed E-state index contributed by atoms with van der Waals surface area (Å²) in [4.78, 5) is 38.9. The Morgan fingerprint density at radius 3 is 2.71 bits per heavy atom. The Morgan fingerprint density at radius 2 is 1.96 bits per heavy atom. The molecule has 3 rings (SSSR count). The second kappa shape index (κ2) is 8.93. The second-order valence-corrected chi connectivity index (χ2v) is 7.66. The van der Waals surface area contributed by atoms with E-state index in [2.05, 4.69) is 5.32 Å². The minimum absolute atomic E-state index is 0.0801. The van der Waals surface area contributed by atoms with Crippen molar-refractivity contribution < 1.29 is 19.1 Å². The molecular formula is C21H22N2O4S. The Balaban J connectivity index is 1.61. The van der Waals surface area contributed by atoms with Crippen LogP contribution in [-0.4, -0.2) is 42.1 Å². The van der Waals surface area contributed by atoms with Gasteiger partial charge in [0.15, 0.2) is 6.61 Å². The smallest absolute Gasteiger partial charge is 0.338 e. The van der Waals surface area contributed by atoms with Gasteiger partial charge in [0.2, 0.25) is 5.91 Å². The van der Waals surface area contributed by atoms with Crippen molar-refractivity contribution >= 4 is 35.2 Å². The van der Waals surface area contributed by atoms with Crippen molar-refractivity contribution in [1.29, 1.82) is 0 Å². The molecule has 0 spiro atoms. The highest BCUT2D eigenvalue weighted by Crippen LogP contribution is 2.31. The van der Waals surface area contributed by atoms with Crippen molar-refractivity contribution in [3.05, 3.63) is 59.7 Å². The minimum Gasteiger partial charge on any atom is -0.452 e. The SMILES string of the molecule is C[C@H](c1ccccc1)N(C)C(=O)COC(=O)c1ccc2c(c1)NC(=O)CCS2. The zero-order valence-electron chi connectivity index (χ0n) is 15.8. The van der Waals surface area contributed by atoms with Crippen molar-refractivity contribution in [3.8, 4) is 0 Å². The molecule has 1 atom stereocenters. The molecule has 146 valence electrons. The van der Waals surface area contributed by atoms with Gasteiger partial charge in [-0.05, 0) is 30.7 Å². The van der Waals surface area contributed by atoms with Crippen LogP contribution in [0.15, 0.2) is 53.4 Å². The average Bonchev–Trinajstić information content (AvgIpc) is 2.91. The predicted molar refractivity (Wildman–Crippen MR) is 108 cm³/mol. The molecule has 0 saturated heterocycles. The summed E-state index contributed by atoms with van der Waals surface area (Å²) in [5, 5.41) is 2.79. The van der Waals surface area contributed by atoms with E-state index in [1.165, 1.54) is 0 Å². The van der Waals surface area contributed by atoms with Crippen LogP contribution in [0.2, 0.25) is 0 Å². The highest BCUT2D eigenvalue weighted by molar-refractivity contribution is 7.99. The zero-order chi connectivity index (χ0) is 20.1. The van der Waals surface area contributed by atoms with Gasteiger partial charge < -0.3 is 15.0 Å². The Morgan fingerprint density at radius 1 is 1.21 bits per heavy atom. The third kappa shape index (κ3) is 4.72. The molecule has 0 radical (unpaired) electrons. The van der Waals surface area contributed by atoms with Crippen molar-refractivity contribution in [1.82, 2.24) is 4.90 Å². The number of likely N-dealkylation sites (N-methyl/N-ethyl adjacent to an activating group) is 1. The van der Waals surface area contributed by atoms with Gasteiger partial charge >= 0.3 is 5.97 Å². The molecule has 1 N–H and O–H groups in total. The molecule has 2 aromatic rings. The van der Waals surface area contributed by atoms with E-state index in [0.717, 1.165) is 10.5 Å². The number of thioether (sulfide) groups is 1. The predicted octanol–water partition coefficient (Wildman–Crippen LogP) is 3.50. The van der Waals surface area contributed by atoms with Gasteiger partial charge in [-0.2, -0.15) is 0 Å². The molecule has 0 fully saturated rings. The summed E-state index contributed by atoms with van der Waals surface area (Å²) in [6.07, 6.45) is 0.430. The monoisotopic (exact) mass is 398 g/mol. The van der Waals surface area contributed by atoms with Gasteiger partial charge in [0.25, 0.3) is 5.91 Å². The van der Waals surface area contributed by atoms with Crippen LogP contribution in [0.1, 0.15) is 35.3 Å². The minimum atomic E-state index is -0.597. The Labute approximate surface area is 168 Å². The van der Waals surface area contributed by atoms with E-state index in [4.69, 9.17) is 4.74 Å². The number of esters is 1. The van der Waals surface area contributed by atoms with Crippen LogP contribution in [0.4, 0.5) is 5.69 Å². The molecule has 0 aliphatic carbocycles. The van der Waals surface area contributed by atoms with Gasteiger partial charge in [-0.1, -0.05) is 30.3 Å². The van der Waals surface area contributed by atoms with Gasteiger partial charge in [-0.3, -0.25) is 9.59 Å². The van der Waals surface area contributed by atoms with Crippen LogP contribution in [0.5, 0.6) is 0 Å². The van der Waals surface area contributed by atoms with E-state index in [9.17, 15) is 14.4 Å². The number of hydrogen-bond acceptors (Lipinski definition) is 5. The molecule has 6 nitrogen and oxygen atoms in total. The molecule has 28 heavy (non-hydrogen) atoms. The summed E-state index contributed by atoms with van der Waals surface area (Å²) in [6.45, 7) is 1.58. The molecule has 1 heterocycles. The van der Waals surface area contributed by atoms with Crippen LogP contribution in [0.3, 0.4) is 0 Å². The number of ether oxygens (including phenoxy) is 1. The first-order valence-corrected chi connectivity index (χ1v) is 9.98. The Hall–Kier alpha value is -2.80. The van der Waals surface area contributed by atoms with Gasteiger partial charge in [-0.25, -0.2) is 4.79 Å². The highest BCUT2D eigenvalue weighted by Gasteiger charge is 2.20. The van der Waals surface area contributed by atoms with E-state index in [0.29, 0.717) is 23.4 Å². The largest absolute Gasteiger partial charge is 0.452 e. The number of carbonyl (C=O) groups is 3. The zero-order valence-corrected chi connectivity index (χ0v) is 16.6. The number of carbonyl (C=O) groups excluding carboxylic acids is 3. The highest BCUT2D eigenvalue weighted by atomic mass is 32.2. The van der Waals surface area contributed by atoms with Gasteiger partial charge in [0, 0.05) is 24.1 Å². The van der Waals surface area contributed by atoms with Crippen LogP contribution >= 0.6 is 11.8 Å². The first kappa shape index (κ1) is 19.9. The van der Waals surface area contributed by atoms with Crippen LogP contribution < -0.4 is 5.32 Å². The third-order valence-corrected chi connectivity index (χ3v) is 5.73. The Bertz CT molecular complexity index is 885. The van der Waals surface area contributed by atoms with E-state index < -0.39 is 5.97 Å². The molecule has 2 amide bonds. The summed E-state index contributed by atoms with van der Waals surface area (Å²) in [5.41, 5.74) is 1.90. The topological polar surface area (TPSA) is 75.7 Å².